The van der Waals surface area contributed by atoms with Gasteiger partial charge in [-0.1, -0.05) is 31.5 Å². The number of carbonyl (C=O) groups excluding carboxylic acids is 1. The van der Waals surface area contributed by atoms with E-state index in [1.807, 2.05) is 13.8 Å². The molecule has 0 bridgehead atoms. The van der Waals surface area contributed by atoms with E-state index < -0.39 is 23.3 Å². The average molecular weight is 415 g/mol. The van der Waals surface area contributed by atoms with E-state index in [0.717, 1.165) is 23.2 Å². The van der Waals surface area contributed by atoms with Crippen molar-refractivity contribution >= 4 is 34.0 Å². The Kier molecular flexibility index (Phi) is 5.25. The lowest BCUT2D eigenvalue weighted by Gasteiger charge is -2.12. The molecule has 0 fully saturated rings. The van der Waals surface area contributed by atoms with E-state index in [1.165, 1.54) is 24.3 Å². The maximum absolute atomic E-state index is 13.7. The number of carbonyl (C=O) groups is 1. The molecule has 27 heavy (non-hydrogen) atoms. The molecule has 0 unspecified atom stereocenters. The number of benzene rings is 1. The first-order valence-corrected chi connectivity index (χ1v) is 9.10. The molecule has 2 aromatic heterocycles. The predicted molar refractivity (Wildman–Crippen MR) is 97.7 cm³/mol. The Labute approximate surface area is 161 Å². The minimum Gasteiger partial charge on any atom is -0.298 e. The average Bonchev–Trinajstić information content (AvgIpc) is 3.21. The third-order valence-corrected chi connectivity index (χ3v) is 4.68. The minimum atomic E-state index is -4.79. The summed E-state index contributed by atoms with van der Waals surface area (Å²) in [6.45, 7) is 3.86. The molecule has 0 spiro atoms. The second kappa shape index (κ2) is 7.32. The summed E-state index contributed by atoms with van der Waals surface area (Å²) in [6.07, 6.45) is -3.91. The summed E-state index contributed by atoms with van der Waals surface area (Å²) in [7, 11) is 0. The van der Waals surface area contributed by atoms with E-state index in [9.17, 15) is 18.0 Å². The molecule has 1 aromatic carbocycles. The number of rotatable bonds is 4. The first-order chi connectivity index (χ1) is 12.7. The fourth-order valence-corrected chi connectivity index (χ4v) is 3.42. The predicted octanol–water partition coefficient (Wildman–Crippen LogP) is 5.38. The molecule has 0 saturated carbocycles. The molecule has 2 heterocycles. The maximum atomic E-state index is 13.7. The van der Waals surface area contributed by atoms with Crippen LogP contribution in [0.1, 0.15) is 41.5 Å². The molecule has 0 atom stereocenters. The van der Waals surface area contributed by atoms with Gasteiger partial charge in [-0.2, -0.15) is 18.3 Å². The molecule has 0 aliphatic heterocycles. The molecule has 142 valence electrons. The lowest BCUT2D eigenvalue weighted by Crippen LogP contribution is -2.20. The number of alkyl halides is 3. The summed E-state index contributed by atoms with van der Waals surface area (Å²) in [5.74, 6) is -0.788. The van der Waals surface area contributed by atoms with Crippen molar-refractivity contribution in [1.29, 1.82) is 0 Å². The van der Waals surface area contributed by atoms with Gasteiger partial charge >= 0.3 is 6.18 Å². The van der Waals surface area contributed by atoms with Crippen molar-refractivity contribution in [3.05, 3.63) is 57.8 Å². The van der Waals surface area contributed by atoms with Crippen molar-refractivity contribution in [2.24, 2.45) is 0 Å². The quantitative estimate of drug-likeness (QED) is 0.623. The summed E-state index contributed by atoms with van der Waals surface area (Å²) >= 11 is 7.01. The highest BCUT2D eigenvalue weighted by atomic mass is 35.5. The first-order valence-electron chi connectivity index (χ1n) is 7.84. The van der Waals surface area contributed by atoms with E-state index in [2.05, 4.69) is 15.4 Å². The molecule has 0 radical (unpaired) electrons. The molecular formula is C17H14ClF3N4OS. The van der Waals surface area contributed by atoms with Crippen LogP contribution in [0.15, 0.2) is 35.8 Å². The molecule has 0 aliphatic carbocycles. The SMILES string of the molecule is CC(C)c1csc(NC(=O)c2cnn(-c3cccc(Cl)c3)c2C(F)(F)F)n1. The van der Waals surface area contributed by atoms with Gasteiger partial charge in [-0.15, -0.1) is 11.3 Å². The van der Waals surface area contributed by atoms with E-state index in [1.54, 1.807) is 5.38 Å². The Bertz CT molecular complexity index is 981. The van der Waals surface area contributed by atoms with E-state index in [4.69, 9.17) is 11.6 Å². The highest BCUT2D eigenvalue weighted by Crippen LogP contribution is 2.34. The molecule has 0 saturated heterocycles. The summed E-state index contributed by atoms with van der Waals surface area (Å²) < 4.78 is 41.6. The van der Waals surface area contributed by atoms with Crippen LogP contribution in [0.25, 0.3) is 5.69 Å². The topological polar surface area (TPSA) is 59.8 Å². The second-order valence-corrected chi connectivity index (χ2v) is 7.28. The van der Waals surface area contributed by atoms with Crippen LogP contribution in [0.2, 0.25) is 5.02 Å². The van der Waals surface area contributed by atoms with E-state index in [-0.39, 0.29) is 21.8 Å². The van der Waals surface area contributed by atoms with Crippen molar-refractivity contribution in [2.45, 2.75) is 25.9 Å². The molecule has 5 nitrogen and oxygen atoms in total. The Balaban J connectivity index is 1.98. The van der Waals surface area contributed by atoms with Gasteiger partial charge in [0, 0.05) is 10.4 Å². The maximum Gasteiger partial charge on any atom is 0.434 e. The number of aromatic nitrogens is 3. The van der Waals surface area contributed by atoms with Crippen LogP contribution in [0.4, 0.5) is 18.3 Å². The fraction of sp³-hybridized carbons (Fsp3) is 0.235. The lowest BCUT2D eigenvalue weighted by atomic mass is 10.2. The minimum absolute atomic E-state index is 0.102. The molecule has 1 N–H and O–H groups in total. The standard InChI is InChI=1S/C17H14ClF3N4OS/c1-9(2)13-8-27-16(23-13)24-15(26)12-7-22-25(14(12)17(19,20)21)11-5-3-4-10(18)6-11/h3-9H,1-2H3,(H,23,24,26). The van der Waals surface area contributed by atoms with Crippen molar-refractivity contribution in [1.82, 2.24) is 14.8 Å². The highest BCUT2D eigenvalue weighted by Gasteiger charge is 2.40. The van der Waals surface area contributed by atoms with Crippen molar-refractivity contribution in [3.63, 3.8) is 0 Å². The normalized spacial score (nSPS) is 11.8. The molecule has 0 aliphatic rings. The number of hydrogen-bond donors (Lipinski definition) is 1. The lowest BCUT2D eigenvalue weighted by molar-refractivity contribution is -0.143. The summed E-state index contributed by atoms with van der Waals surface area (Å²) in [5.41, 5.74) is -0.919. The van der Waals surface area contributed by atoms with Gasteiger partial charge < -0.3 is 0 Å². The molecule has 10 heteroatoms. The smallest absolute Gasteiger partial charge is 0.298 e. The summed E-state index contributed by atoms with van der Waals surface area (Å²) in [6, 6.07) is 5.79. The monoisotopic (exact) mass is 414 g/mol. The van der Waals surface area contributed by atoms with Crippen LogP contribution < -0.4 is 5.32 Å². The number of nitrogens with one attached hydrogen (secondary N) is 1. The Hall–Kier alpha value is -2.39. The largest absolute Gasteiger partial charge is 0.434 e. The van der Waals surface area contributed by atoms with Crippen molar-refractivity contribution in [3.8, 4) is 5.69 Å². The Morgan fingerprint density at radius 2 is 2.07 bits per heavy atom. The van der Waals surface area contributed by atoms with Crippen molar-refractivity contribution < 1.29 is 18.0 Å². The van der Waals surface area contributed by atoms with Gasteiger partial charge in [0.15, 0.2) is 10.8 Å². The number of nitrogens with zero attached hydrogens (tertiary/aromatic N) is 3. The highest BCUT2D eigenvalue weighted by molar-refractivity contribution is 7.14. The molecule has 3 rings (SSSR count). The first kappa shape index (κ1) is 19.4. The number of halogens is 4. The van der Waals surface area contributed by atoms with Gasteiger partial charge in [-0.25, -0.2) is 9.67 Å². The van der Waals surface area contributed by atoms with Crippen LogP contribution >= 0.6 is 22.9 Å². The van der Waals surface area contributed by atoms with Crippen molar-refractivity contribution in [2.75, 3.05) is 5.32 Å². The van der Waals surface area contributed by atoms with Crippen LogP contribution in [0, 0.1) is 0 Å². The zero-order chi connectivity index (χ0) is 19.8. The van der Waals surface area contributed by atoms with Gasteiger partial charge in [0.05, 0.1) is 23.1 Å². The number of anilines is 1. The Morgan fingerprint density at radius 3 is 2.67 bits per heavy atom. The fourth-order valence-electron chi connectivity index (χ4n) is 2.36. The van der Waals surface area contributed by atoms with Crippen LogP contribution in [0.5, 0.6) is 0 Å². The second-order valence-electron chi connectivity index (χ2n) is 5.98. The number of amides is 1. The van der Waals surface area contributed by atoms with Crippen LogP contribution in [-0.4, -0.2) is 20.7 Å². The van der Waals surface area contributed by atoms with Crippen LogP contribution in [-0.2, 0) is 6.18 Å². The molecule has 3 aromatic rings. The number of thiazole rings is 1. The van der Waals surface area contributed by atoms with E-state index >= 15 is 0 Å². The van der Waals surface area contributed by atoms with Gasteiger partial charge in [-0.3, -0.25) is 10.1 Å². The van der Waals surface area contributed by atoms with Gasteiger partial charge in [0.2, 0.25) is 0 Å². The summed E-state index contributed by atoms with van der Waals surface area (Å²) in [4.78, 5) is 16.7. The Morgan fingerprint density at radius 1 is 1.33 bits per heavy atom. The number of hydrogen-bond acceptors (Lipinski definition) is 4. The van der Waals surface area contributed by atoms with Gasteiger partial charge in [0.1, 0.15) is 0 Å². The summed E-state index contributed by atoms with van der Waals surface area (Å²) in [5, 5.41) is 8.40. The molecular weight excluding hydrogens is 401 g/mol. The van der Waals surface area contributed by atoms with Gasteiger partial charge in [-0.05, 0) is 24.1 Å². The van der Waals surface area contributed by atoms with Gasteiger partial charge in [0.25, 0.3) is 5.91 Å². The third-order valence-electron chi connectivity index (χ3n) is 3.67. The third kappa shape index (κ3) is 4.14. The molecule has 1 amide bonds. The van der Waals surface area contributed by atoms with E-state index in [0.29, 0.717) is 4.68 Å². The zero-order valence-corrected chi connectivity index (χ0v) is 15.8. The van der Waals surface area contributed by atoms with Crippen LogP contribution in [0.3, 0.4) is 0 Å². The zero-order valence-electron chi connectivity index (χ0n) is 14.2.